The van der Waals surface area contributed by atoms with Gasteiger partial charge in [-0.3, -0.25) is 4.90 Å². The summed E-state index contributed by atoms with van der Waals surface area (Å²) in [6.07, 6.45) is 4.97. The van der Waals surface area contributed by atoms with E-state index in [1.165, 1.54) is 45.3 Å². The van der Waals surface area contributed by atoms with Gasteiger partial charge in [-0.1, -0.05) is 6.92 Å². The van der Waals surface area contributed by atoms with Crippen LogP contribution in [0.2, 0.25) is 0 Å². The third kappa shape index (κ3) is 3.19. The predicted molar refractivity (Wildman–Crippen MR) is 66.7 cm³/mol. The van der Waals surface area contributed by atoms with Gasteiger partial charge in [0.15, 0.2) is 0 Å². The Hall–Kier alpha value is -0.120. The van der Waals surface area contributed by atoms with Gasteiger partial charge in [-0.15, -0.1) is 0 Å². The van der Waals surface area contributed by atoms with E-state index in [9.17, 15) is 0 Å². The molecular formula is C13H26N2O. The summed E-state index contributed by atoms with van der Waals surface area (Å²) < 4.78 is 5.89. The van der Waals surface area contributed by atoms with Crippen molar-refractivity contribution in [1.29, 1.82) is 0 Å². The van der Waals surface area contributed by atoms with Crippen LogP contribution < -0.4 is 5.32 Å². The Labute approximate surface area is 99.5 Å². The zero-order valence-corrected chi connectivity index (χ0v) is 10.8. The molecule has 2 saturated heterocycles. The van der Waals surface area contributed by atoms with Crippen LogP contribution in [0.3, 0.4) is 0 Å². The second kappa shape index (κ2) is 5.48. The molecule has 0 radical (unpaired) electrons. The van der Waals surface area contributed by atoms with E-state index in [-0.39, 0.29) is 5.60 Å². The molecule has 0 amide bonds. The molecule has 0 aromatic heterocycles. The highest BCUT2D eigenvalue weighted by Gasteiger charge is 2.32. The first-order chi connectivity index (χ1) is 7.72. The monoisotopic (exact) mass is 226 g/mol. The molecule has 2 atom stereocenters. The van der Waals surface area contributed by atoms with Gasteiger partial charge >= 0.3 is 0 Å². The Balaban J connectivity index is 1.87. The van der Waals surface area contributed by atoms with E-state index in [2.05, 4.69) is 24.1 Å². The first-order valence-corrected chi connectivity index (χ1v) is 6.81. The average Bonchev–Trinajstić information content (AvgIpc) is 2.56. The third-order valence-corrected chi connectivity index (χ3v) is 3.91. The van der Waals surface area contributed by atoms with Gasteiger partial charge in [-0.2, -0.15) is 0 Å². The molecule has 2 rings (SSSR count). The molecule has 94 valence electrons. The van der Waals surface area contributed by atoms with Gasteiger partial charge in [0.1, 0.15) is 0 Å². The smallest absolute Gasteiger partial charge is 0.0781 e. The van der Waals surface area contributed by atoms with E-state index < -0.39 is 0 Å². The fourth-order valence-corrected chi connectivity index (χ4v) is 2.93. The van der Waals surface area contributed by atoms with Crippen LogP contribution in [0.4, 0.5) is 0 Å². The summed E-state index contributed by atoms with van der Waals surface area (Å²) >= 11 is 0. The van der Waals surface area contributed by atoms with E-state index in [1.54, 1.807) is 0 Å². The van der Waals surface area contributed by atoms with E-state index in [1.807, 2.05) is 0 Å². The van der Waals surface area contributed by atoms with Gasteiger partial charge in [-0.25, -0.2) is 0 Å². The highest BCUT2D eigenvalue weighted by atomic mass is 16.5. The summed E-state index contributed by atoms with van der Waals surface area (Å²) in [7, 11) is 0. The lowest BCUT2D eigenvalue weighted by atomic mass is 10.0. The highest BCUT2D eigenvalue weighted by Crippen LogP contribution is 2.26. The molecule has 2 aliphatic rings. The van der Waals surface area contributed by atoms with Crippen molar-refractivity contribution in [3.05, 3.63) is 0 Å². The van der Waals surface area contributed by atoms with Gasteiger partial charge in [0, 0.05) is 25.7 Å². The van der Waals surface area contributed by atoms with Crippen LogP contribution in [0.5, 0.6) is 0 Å². The van der Waals surface area contributed by atoms with Crippen LogP contribution in [0.25, 0.3) is 0 Å². The fourth-order valence-electron chi connectivity index (χ4n) is 2.93. The lowest BCUT2D eigenvalue weighted by molar-refractivity contribution is -0.00914. The maximum atomic E-state index is 5.89. The van der Waals surface area contributed by atoms with Crippen LogP contribution >= 0.6 is 0 Å². The highest BCUT2D eigenvalue weighted by molar-refractivity contribution is 4.86. The van der Waals surface area contributed by atoms with Crippen molar-refractivity contribution < 1.29 is 4.74 Å². The number of hydrogen-bond donors (Lipinski definition) is 1. The minimum absolute atomic E-state index is 0.128. The number of rotatable bonds is 3. The minimum atomic E-state index is 0.128. The molecule has 1 N–H and O–H groups in total. The van der Waals surface area contributed by atoms with E-state index in [0.717, 1.165) is 13.2 Å². The van der Waals surface area contributed by atoms with Crippen LogP contribution in [0, 0.1) is 0 Å². The lowest BCUT2D eigenvalue weighted by Gasteiger charge is -2.32. The van der Waals surface area contributed by atoms with Crippen molar-refractivity contribution in [3.8, 4) is 0 Å². The molecule has 0 bridgehead atoms. The quantitative estimate of drug-likeness (QED) is 0.791. The summed E-state index contributed by atoms with van der Waals surface area (Å²) in [6.45, 7) is 10.2. The molecule has 0 aliphatic carbocycles. The van der Waals surface area contributed by atoms with Crippen molar-refractivity contribution in [2.45, 2.75) is 51.2 Å². The Kier molecular flexibility index (Phi) is 4.22. The Bertz CT molecular complexity index is 214. The summed E-state index contributed by atoms with van der Waals surface area (Å²) in [5.74, 6) is 0. The predicted octanol–water partition coefficient (Wildman–Crippen LogP) is 1.63. The third-order valence-electron chi connectivity index (χ3n) is 3.91. The summed E-state index contributed by atoms with van der Waals surface area (Å²) in [5, 5.41) is 3.62. The SMILES string of the molecule is CCC1CN(CC2(C)CCCO2)CCCN1. The molecule has 0 spiro atoms. The van der Waals surface area contributed by atoms with E-state index in [0.29, 0.717) is 6.04 Å². The van der Waals surface area contributed by atoms with Crippen LogP contribution in [0.1, 0.15) is 39.5 Å². The maximum Gasteiger partial charge on any atom is 0.0781 e. The van der Waals surface area contributed by atoms with Gasteiger partial charge in [0.2, 0.25) is 0 Å². The van der Waals surface area contributed by atoms with Crippen LogP contribution in [-0.2, 0) is 4.74 Å². The molecule has 3 nitrogen and oxygen atoms in total. The maximum absolute atomic E-state index is 5.89. The van der Waals surface area contributed by atoms with Crippen LogP contribution in [0.15, 0.2) is 0 Å². The van der Waals surface area contributed by atoms with E-state index >= 15 is 0 Å². The molecule has 3 heteroatoms. The number of ether oxygens (including phenoxy) is 1. The second-order valence-electron chi connectivity index (χ2n) is 5.55. The lowest BCUT2D eigenvalue weighted by Crippen LogP contribution is -2.44. The molecule has 0 saturated carbocycles. The Morgan fingerprint density at radius 1 is 1.44 bits per heavy atom. The average molecular weight is 226 g/mol. The van der Waals surface area contributed by atoms with Gasteiger partial charge in [0.05, 0.1) is 5.60 Å². The van der Waals surface area contributed by atoms with Crippen molar-refractivity contribution in [1.82, 2.24) is 10.2 Å². The van der Waals surface area contributed by atoms with Gasteiger partial charge in [0.25, 0.3) is 0 Å². The van der Waals surface area contributed by atoms with Crippen molar-refractivity contribution in [3.63, 3.8) is 0 Å². The zero-order valence-electron chi connectivity index (χ0n) is 10.8. The Morgan fingerprint density at radius 2 is 2.31 bits per heavy atom. The molecule has 2 unspecified atom stereocenters. The van der Waals surface area contributed by atoms with E-state index in [4.69, 9.17) is 4.74 Å². The molecule has 0 aromatic carbocycles. The van der Waals surface area contributed by atoms with Gasteiger partial charge < -0.3 is 10.1 Å². The summed E-state index contributed by atoms with van der Waals surface area (Å²) in [4.78, 5) is 2.60. The zero-order chi connectivity index (χ0) is 11.4. The molecule has 2 heterocycles. The molecular weight excluding hydrogens is 200 g/mol. The van der Waals surface area contributed by atoms with Crippen LogP contribution in [-0.4, -0.2) is 49.3 Å². The summed E-state index contributed by atoms with van der Waals surface area (Å²) in [5.41, 5.74) is 0.128. The summed E-state index contributed by atoms with van der Waals surface area (Å²) in [6, 6.07) is 0.674. The molecule has 2 aliphatic heterocycles. The molecule has 16 heavy (non-hydrogen) atoms. The van der Waals surface area contributed by atoms with Gasteiger partial charge in [-0.05, 0) is 45.7 Å². The minimum Gasteiger partial charge on any atom is -0.374 e. The Morgan fingerprint density at radius 3 is 3.00 bits per heavy atom. The number of nitrogens with one attached hydrogen (secondary N) is 1. The first-order valence-electron chi connectivity index (χ1n) is 6.81. The standard InChI is InChI=1S/C13H26N2O/c1-3-12-10-15(8-5-7-14-12)11-13(2)6-4-9-16-13/h12,14H,3-11H2,1-2H3. The van der Waals surface area contributed by atoms with Crippen molar-refractivity contribution in [2.75, 3.05) is 32.8 Å². The second-order valence-corrected chi connectivity index (χ2v) is 5.55. The fraction of sp³-hybridized carbons (Fsp3) is 1.00. The largest absolute Gasteiger partial charge is 0.374 e. The normalized spacial score (nSPS) is 37.5. The first kappa shape index (κ1) is 12.3. The number of nitrogens with zero attached hydrogens (tertiary/aromatic N) is 1. The molecule has 2 fully saturated rings. The van der Waals surface area contributed by atoms with Crippen molar-refractivity contribution >= 4 is 0 Å². The topological polar surface area (TPSA) is 24.5 Å². The number of hydrogen-bond acceptors (Lipinski definition) is 3. The molecule has 0 aromatic rings. The van der Waals surface area contributed by atoms with Crippen molar-refractivity contribution in [2.24, 2.45) is 0 Å².